The smallest absolute Gasteiger partial charge is 0.357 e. The highest BCUT2D eigenvalue weighted by molar-refractivity contribution is 5.87. The molecule has 2 rings (SSSR count). The first-order valence-electron chi connectivity index (χ1n) is 5.70. The van der Waals surface area contributed by atoms with E-state index in [1.807, 2.05) is 0 Å². The molecule has 4 nitrogen and oxygen atoms in total. The number of anilines is 1. The third-order valence-electron chi connectivity index (χ3n) is 2.66. The van der Waals surface area contributed by atoms with Gasteiger partial charge in [-0.25, -0.2) is 14.2 Å². The van der Waals surface area contributed by atoms with Crippen molar-refractivity contribution >= 4 is 11.7 Å². The van der Waals surface area contributed by atoms with Gasteiger partial charge in [0.05, 0.1) is 11.9 Å². The van der Waals surface area contributed by atoms with Gasteiger partial charge in [0.2, 0.25) is 0 Å². The molecule has 19 heavy (non-hydrogen) atoms. The zero-order valence-corrected chi connectivity index (χ0v) is 10.4. The molecule has 0 aliphatic rings. The van der Waals surface area contributed by atoms with E-state index in [2.05, 4.69) is 4.98 Å². The lowest BCUT2D eigenvalue weighted by molar-refractivity contribution is 0.0465. The lowest BCUT2D eigenvalue weighted by Gasteiger charge is -2.07. The Kier molecular flexibility index (Phi) is 3.75. The Morgan fingerprint density at radius 1 is 1.37 bits per heavy atom. The van der Waals surface area contributed by atoms with Crippen molar-refractivity contribution in [3.05, 3.63) is 59.2 Å². The molecule has 0 spiro atoms. The van der Waals surface area contributed by atoms with Crippen molar-refractivity contribution in [3.8, 4) is 0 Å². The van der Waals surface area contributed by atoms with E-state index in [4.69, 9.17) is 10.5 Å². The Labute approximate surface area is 110 Å². The minimum absolute atomic E-state index is 0.0804. The number of carbonyl (C=O) groups is 1. The van der Waals surface area contributed by atoms with Gasteiger partial charge in [0.15, 0.2) is 0 Å². The third-order valence-corrected chi connectivity index (χ3v) is 2.66. The fourth-order valence-electron chi connectivity index (χ4n) is 1.56. The highest BCUT2D eigenvalue weighted by atomic mass is 19.1. The Hall–Kier alpha value is -2.43. The summed E-state index contributed by atoms with van der Waals surface area (Å²) in [7, 11) is 0. The minimum Gasteiger partial charge on any atom is -0.456 e. The summed E-state index contributed by atoms with van der Waals surface area (Å²) in [5, 5.41) is 0. The van der Waals surface area contributed by atoms with Crippen LogP contribution in [0.15, 0.2) is 36.5 Å². The fourth-order valence-corrected chi connectivity index (χ4v) is 1.56. The standard InChI is InChI=1S/C14H13FN2O2/c1-9-6-11(15)3-2-10(9)8-19-14(18)13-5-4-12(16)7-17-13/h2-7H,8,16H2,1H3. The summed E-state index contributed by atoms with van der Waals surface area (Å²) in [6.45, 7) is 1.84. The number of aromatic nitrogens is 1. The molecule has 98 valence electrons. The number of nitrogens with two attached hydrogens (primary N) is 1. The van der Waals surface area contributed by atoms with Gasteiger partial charge in [0.25, 0.3) is 0 Å². The van der Waals surface area contributed by atoms with Gasteiger partial charge < -0.3 is 10.5 Å². The quantitative estimate of drug-likeness (QED) is 0.861. The van der Waals surface area contributed by atoms with Crippen LogP contribution in [-0.4, -0.2) is 11.0 Å². The van der Waals surface area contributed by atoms with Crippen LogP contribution in [0.3, 0.4) is 0 Å². The van der Waals surface area contributed by atoms with E-state index in [1.165, 1.54) is 24.4 Å². The molecule has 2 N–H and O–H groups in total. The van der Waals surface area contributed by atoms with Gasteiger partial charge in [0, 0.05) is 0 Å². The number of carbonyl (C=O) groups excluding carboxylic acids is 1. The van der Waals surface area contributed by atoms with Crippen molar-refractivity contribution in [1.29, 1.82) is 0 Å². The molecule has 0 amide bonds. The van der Waals surface area contributed by atoms with Crippen LogP contribution >= 0.6 is 0 Å². The van der Waals surface area contributed by atoms with Crippen LogP contribution < -0.4 is 5.73 Å². The van der Waals surface area contributed by atoms with Crippen LogP contribution in [0, 0.1) is 12.7 Å². The van der Waals surface area contributed by atoms with Gasteiger partial charge >= 0.3 is 5.97 Å². The van der Waals surface area contributed by atoms with Gasteiger partial charge in [0.1, 0.15) is 18.1 Å². The molecular weight excluding hydrogens is 247 g/mol. The summed E-state index contributed by atoms with van der Waals surface area (Å²) >= 11 is 0. The Morgan fingerprint density at radius 3 is 2.79 bits per heavy atom. The molecule has 0 bridgehead atoms. The lowest BCUT2D eigenvalue weighted by Crippen LogP contribution is -2.08. The van der Waals surface area contributed by atoms with Gasteiger partial charge in [-0.2, -0.15) is 0 Å². The summed E-state index contributed by atoms with van der Waals surface area (Å²) in [6, 6.07) is 7.39. The van der Waals surface area contributed by atoms with Gasteiger partial charge in [-0.15, -0.1) is 0 Å². The number of pyridine rings is 1. The Morgan fingerprint density at radius 2 is 2.16 bits per heavy atom. The van der Waals surface area contributed by atoms with Gasteiger partial charge in [-0.3, -0.25) is 0 Å². The SMILES string of the molecule is Cc1cc(F)ccc1COC(=O)c1ccc(N)cn1. The summed E-state index contributed by atoms with van der Waals surface area (Å²) in [4.78, 5) is 15.6. The van der Waals surface area contributed by atoms with Gasteiger partial charge in [-0.1, -0.05) is 6.07 Å². The topological polar surface area (TPSA) is 65.2 Å². The first kappa shape index (κ1) is 13.0. The van der Waals surface area contributed by atoms with Crippen molar-refractivity contribution in [2.24, 2.45) is 0 Å². The first-order valence-corrected chi connectivity index (χ1v) is 5.70. The maximum Gasteiger partial charge on any atom is 0.357 e. The predicted molar refractivity (Wildman–Crippen MR) is 68.9 cm³/mol. The summed E-state index contributed by atoms with van der Waals surface area (Å²) < 4.78 is 18.0. The summed E-state index contributed by atoms with van der Waals surface area (Å²) in [5.41, 5.74) is 7.63. The molecule has 1 aromatic heterocycles. The van der Waals surface area contributed by atoms with Crippen LogP contribution in [-0.2, 0) is 11.3 Å². The summed E-state index contributed by atoms with van der Waals surface area (Å²) in [5.74, 6) is -0.850. The fraction of sp³-hybridized carbons (Fsp3) is 0.143. The Balaban J connectivity index is 2.02. The molecule has 5 heteroatoms. The normalized spacial score (nSPS) is 10.2. The number of nitrogen functional groups attached to an aromatic ring is 1. The van der Waals surface area contributed by atoms with Crippen molar-refractivity contribution in [1.82, 2.24) is 4.98 Å². The molecule has 0 saturated carbocycles. The van der Waals surface area contributed by atoms with E-state index in [9.17, 15) is 9.18 Å². The molecule has 1 heterocycles. The van der Waals surface area contributed by atoms with E-state index in [0.29, 0.717) is 5.69 Å². The first-order chi connectivity index (χ1) is 9.06. The lowest BCUT2D eigenvalue weighted by atomic mass is 10.1. The Bertz CT molecular complexity index is 597. The average Bonchev–Trinajstić information content (AvgIpc) is 2.38. The van der Waals surface area contributed by atoms with Gasteiger partial charge in [-0.05, 0) is 42.3 Å². The zero-order valence-electron chi connectivity index (χ0n) is 10.4. The summed E-state index contributed by atoms with van der Waals surface area (Å²) in [6.07, 6.45) is 1.39. The van der Waals surface area contributed by atoms with E-state index >= 15 is 0 Å². The number of nitrogens with zero attached hydrogens (tertiary/aromatic N) is 1. The molecule has 0 aliphatic heterocycles. The average molecular weight is 260 g/mol. The number of esters is 1. The monoisotopic (exact) mass is 260 g/mol. The second kappa shape index (κ2) is 5.48. The number of halogens is 1. The molecule has 2 aromatic rings. The van der Waals surface area contributed by atoms with Crippen LogP contribution in [0.2, 0.25) is 0 Å². The number of hydrogen-bond acceptors (Lipinski definition) is 4. The molecule has 0 unspecified atom stereocenters. The van der Waals surface area contributed by atoms with Crippen molar-refractivity contribution in [2.45, 2.75) is 13.5 Å². The van der Waals surface area contributed by atoms with E-state index in [-0.39, 0.29) is 18.1 Å². The zero-order chi connectivity index (χ0) is 13.8. The van der Waals surface area contributed by atoms with Crippen LogP contribution in [0.1, 0.15) is 21.6 Å². The highest BCUT2D eigenvalue weighted by Crippen LogP contribution is 2.12. The van der Waals surface area contributed by atoms with Crippen molar-refractivity contribution < 1.29 is 13.9 Å². The van der Waals surface area contributed by atoms with Crippen molar-refractivity contribution in [3.63, 3.8) is 0 Å². The number of ether oxygens (including phenoxy) is 1. The molecule has 0 fully saturated rings. The van der Waals surface area contributed by atoms with Crippen molar-refractivity contribution in [2.75, 3.05) is 5.73 Å². The number of hydrogen-bond donors (Lipinski definition) is 1. The van der Waals surface area contributed by atoms with Crippen LogP contribution in [0.25, 0.3) is 0 Å². The van der Waals surface area contributed by atoms with Crippen LogP contribution in [0.5, 0.6) is 0 Å². The predicted octanol–water partition coefficient (Wildman–Crippen LogP) is 2.47. The molecule has 0 aliphatic carbocycles. The third kappa shape index (κ3) is 3.28. The molecule has 0 radical (unpaired) electrons. The van der Waals surface area contributed by atoms with E-state index in [1.54, 1.807) is 19.1 Å². The van der Waals surface area contributed by atoms with Crippen LogP contribution in [0.4, 0.5) is 10.1 Å². The maximum absolute atomic E-state index is 12.9. The van der Waals surface area contributed by atoms with E-state index in [0.717, 1.165) is 11.1 Å². The molecular formula is C14H13FN2O2. The maximum atomic E-state index is 12.9. The molecule has 0 saturated heterocycles. The van der Waals surface area contributed by atoms with E-state index < -0.39 is 5.97 Å². The second-order valence-corrected chi connectivity index (χ2v) is 4.12. The second-order valence-electron chi connectivity index (χ2n) is 4.12. The number of rotatable bonds is 3. The largest absolute Gasteiger partial charge is 0.456 e. The minimum atomic E-state index is -0.538. The number of aryl methyl sites for hydroxylation is 1. The highest BCUT2D eigenvalue weighted by Gasteiger charge is 2.09. The number of benzene rings is 1. The molecule has 0 atom stereocenters. The molecule has 1 aromatic carbocycles.